The number of urea groups is 1. The number of likely N-dealkylation sites (tertiary alicyclic amines) is 1. The summed E-state index contributed by atoms with van der Waals surface area (Å²) >= 11 is 0. The van der Waals surface area contributed by atoms with Crippen LogP contribution in [0.2, 0.25) is 0 Å². The van der Waals surface area contributed by atoms with Crippen molar-refractivity contribution >= 4 is 33.8 Å². The first-order chi connectivity index (χ1) is 11.2. The van der Waals surface area contributed by atoms with E-state index in [4.69, 9.17) is 5.73 Å². The molecule has 10 nitrogen and oxygen atoms in total. The summed E-state index contributed by atoms with van der Waals surface area (Å²) in [7, 11) is -4.86. The number of carbonyl (C=O) groups excluding carboxylic acids is 3. The predicted octanol–water partition coefficient (Wildman–Crippen LogP) is -3.93. The average molecular weight is 376 g/mol. The maximum atomic E-state index is 12.3. The van der Waals surface area contributed by atoms with E-state index in [1.165, 1.54) is 29.2 Å². The van der Waals surface area contributed by atoms with Crippen molar-refractivity contribution in [3.63, 3.8) is 0 Å². The van der Waals surface area contributed by atoms with Crippen molar-refractivity contribution in [2.45, 2.75) is 18.5 Å². The van der Waals surface area contributed by atoms with Gasteiger partial charge in [0.05, 0.1) is 6.04 Å². The van der Waals surface area contributed by atoms with Crippen molar-refractivity contribution in [2.24, 2.45) is 5.73 Å². The maximum Gasteiger partial charge on any atom is 1.00 e. The van der Waals surface area contributed by atoms with E-state index in [0.717, 1.165) is 0 Å². The van der Waals surface area contributed by atoms with Gasteiger partial charge in [-0.1, -0.05) is 0 Å². The van der Waals surface area contributed by atoms with E-state index in [1.807, 2.05) is 0 Å². The Labute approximate surface area is 165 Å². The number of amides is 4. The van der Waals surface area contributed by atoms with E-state index >= 15 is 0 Å². The van der Waals surface area contributed by atoms with E-state index in [9.17, 15) is 27.4 Å². The zero-order chi connectivity index (χ0) is 17.6. The van der Waals surface area contributed by atoms with E-state index in [-0.39, 0.29) is 52.4 Å². The molecule has 3 N–H and O–H groups in total. The Kier molecular flexibility index (Phi) is 5.44. The number of primary amides is 1. The second kappa shape index (κ2) is 6.92. The molecule has 128 valence electrons. The number of nitrogens with one attached hydrogen (secondary N) is 1. The Morgan fingerprint density at radius 3 is 2.36 bits per heavy atom. The average Bonchev–Trinajstić information content (AvgIpc) is 2.85. The molecule has 0 spiro atoms. The van der Waals surface area contributed by atoms with Crippen LogP contribution in [0.1, 0.15) is 16.8 Å². The molecule has 2 atom stereocenters. The zero-order valence-electron chi connectivity index (χ0n) is 13.2. The van der Waals surface area contributed by atoms with Crippen LogP contribution in [-0.2, 0) is 15.1 Å². The van der Waals surface area contributed by atoms with Gasteiger partial charge in [-0.05, 0) is 30.7 Å². The molecule has 1 aromatic rings. The van der Waals surface area contributed by atoms with Gasteiger partial charge < -0.3 is 20.5 Å². The van der Waals surface area contributed by atoms with Gasteiger partial charge >= 0.3 is 35.6 Å². The van der Waals surface area contributed by atoms with Crippen molar-refractivity contribution in [3.8, 4) is 0 Å². The number of nitrogens with zero attached hydrogens (tertiary/aromatic N) is 2. The molecular weight excluding hydrogens is 363 g/mol. The molecule has 2 aliphatic heterocycles. The minimum absolute atomic E-state index is 0. The standard InChI is InChI=1S/C13H14N4O6S.Na/c14-11(18)7-1-3-8(4-2-7)15-13(20)16-6-5-9-10(16)12(19)17(9)24(21,22)23;/h1-4,9-10H,5-6H2,(H2,14,18)(H,15,20)(H,21,22,23);/q;+1/p-1/t9-,10+;/m1./s1. The van der Waals surface area contributed by atoms with Gasteiger partial charge in [0.25, 0.3) is 5.91 Å². The molecule has 2 aliphatic rings. The number of hydrogen-bond donors (Lipinski definition) is 2. The van der Waals surface area contributed by atoms with Gasteiger partial charge in [-0.25, -0.2) is 17.5 Å². The van der Waals surface area contributed by atoms with Crippen LogP contribution < -0.4 is 40.6 Å². The van der Waals surface area contributed by atoms with Crippen LogP contribution in [0.3, 0.4) is 0 Å². The van der Waals surface area contributed by atoms with Crippen LogP contribution in [-0.4, -0.2) is 58.6 Å². The van der Waals surface area contributed by atoms with Crippen molar-refractivity contribution in [3.05, 3.63) is 29.8 Å². The maximum absolute atomic E-state index is 12.3. The predicted molar refractivity (Wildman–Crippen MR) is 79.4 cm³/mol. The fourth-order valence-electron chi connectivity index (χ4n) is 2.95. The van der Waals surface area contributed by atoms with Gasteiger partial charge in [0.15, 0.2) is 10.3 Å². The molecule has 3 rings (SSSR count). The SMILES string of the molecule is NC(=O)c1ccc(NC(=O)N2CC[C@@H]3[C@H]2C(=O)N3S(=O)(=O)[O-])cc1.[Na+]. The van der Waals surface area contributed by atoms with Gasteiger partial charge in [-0.3, -0.25) is 9.59 Å². The Hall–Kier alpha value is -1.66. The monoisotopic (exact) mass is 376 g/mol. The van der Waals surface area contributed by atoms with Gasteiger partial charge in [-0.15, -0.1) is 0 Å². The number of benzene rings is 1. The molecule has 0 bridgehead atoms. The molecule has 2 fully saturated rings. The van der Waals surface area contributed by atoms with Crippen LogP contribution >= 0.6 is 0 Å². The molecule has 25 heavy (non-hydrogen) atoms. The summed E-state index contributed by atoms with van der Waals surface area (Å²) in [6, 6.07) is 3.48. The molecule has 4 amide bonds. The molecule has 0 unspecified atom stereocenters. The van der Waals surface area contributed by atoms with Crippen LogP contribution in [0.25, 0.3) is 0 Å². The molecule has 2 saturated heterocycles. The van der Waals surface area contributed by atoms with Crippen molar-refractivity contribution in [1.29, 1.82) is 0 Å². The summed E-state index contributed by atoms with van der Waals surface area (Å²) in [5.74, 6) is -1.50. The first-order valence-corrected chi connectivity index (χ1v) is 8.33. The van der Waals surface area contributed by atoms with Crippen molar-refractivity contribution in [1.82, 2.24) is 9.21 Å². The number of β-lactam (4-membered cyclic amide) rings is 1. The fourth-order valence-corrected chi connectivity index (χ4v) is 3.83. The first-order valence-electron chi connectivity index (χ1n) is 6.97. The largest absolute Gasteiger partial charge is 1.00 e. The third-order valence-corrected chi connectivity index (χ3v) is 4.99. The minimum Gasteiger partial charge on any atom is -0.731 e. The normalized spacial score (nSPS) is 21.9. The van der Waals surface area contributed by atoms with E-state index in [2.05, 4.69) is 5.32 Å². The first kappa shape index (κ1) is 19.7. The third kappa shape index (κ3) is 3.51. The number of rotatable bonds is 3. The number of hydrogen-bond acceptors (Lipinski definition) is 6. The molecule has 0 radical (unpaired) electrons. The topological polar surface area (TPSA) is 153 Å². The molecule has 0 aliphatic carbocycles. The van der Waals surface area contributed by atoms with Crippen LogP contribution in [0.5, 0.6) is 0 Å². The van der Waals surface area contributed by atoms with E-state index in [1.54, 1.807) is 0 Å². The van der Waals surface area contributed by atoms with Crippen LogP contribution in [0, 0.1) is 0 Å². The summed E-state index contributed by atoms with van der Waals surface area (Å²) in [6.45, 7) is 0.151. The second-order valence-electron chi connectivity index (χ2n) is 5.46. The summed E-state index contributed by atoms with van der Waals surface area (Å²) in [4.78, 5) is 36.3. The second-order valence-corrected chi connectivity index (χ2v) is 6.71. The molecular formula is C13H13N4NaO6S. The summed E-state index contributed by atoms with van der Waals surface area (Å²) in [5, 5.41) is 2.55. The van der Waals surface area contributed by atoms with Crippen LogP contribution in [0.15, 0.2) is 24.3 Å². The molecule has 0 aromatic heterocycles. The minimum atomic E-state index is -4.86. The number of anilines is 1. The summed E-state index contributed by atoms with van der Waals surface area (Å²) in [6.07, 6.45) is 0.214. The number of carbonyl (C=O) groups is 3. The smallest absolute Gasteiger partial charge is 0.731 e. The van der Waals surface area contributed by atoms with Crippen molar-refractivity contribution in [2.75, 3.05) is 11.9 Å². The van der Waals surface area contributed by atoms with Crippen LogP contribution in [0.4, 0.5) is 10.5 Å². The van der Waals surface area contributed by atoms with Gasteiger partial charge in [0.2, 0.25) is 5.91 Å². The summed E-state index contributed by atoms with van der Waals surface area (Å²) in [5.41, 5.74) is 5.78. The molecule has 12 heteroatoms. The quantitative estimate of drug-likeness (QED) is 0.312. The molecule has 1 aromatic carbocycles. The fraction of sp³-hybridized carbons (Fsp3) is 0.308. The zero-order valence-corrected chi connectivity index (χ0v) is 16.0. The van der Waals surface area contributed by atoms with E-state index < -0.39 is 40.2 Å². The Morgan fingerprint density at radius 2 is 1.84 bits per heavy atom. The van der Waals surface area contributed by atoms with Gasteiger partial charge in [0.1, 0.15) is 6.04 Å². The number of nitrogens with two attached hydrogens (primary N) is 1. The molecule has 2 heterocycles. The Balaban J connectivity index is 0.00000225. The van der Waals surface area contributed by atoms with Gasteiger partial charge in [-0.2, -0.15) is 0 Å². The molecule has 0 saturated carbocycles. The Bertz CT molecular complexity index is 827. The van der Waals surface area contributed by atoms with E-state index in [0.29, 0.717) is 5.69 Å². The Morgan fingerprint density at radius 1 is 1.24 bits per heavy atom. The van der Waals surface area contributed by atoms with Crippen molar-refractivity contribution < 1.29 is 56.9 Å². The third-order valence-electron chi connectivity index (χ3n) is 4.06. The number of fused-ring (bicyclic) bond motifs is 1. The van der Waals surface area contributed by atoms with Gasteiger partial charge in [0, 0.05) is 17.8 Å². The summed E-state index contributed by atoms with van der Waals surface area (Å²) < 4.78 is 33.3.